The zero-order valence-electron chi connectivity index (χ0n) is 11.1. The van der Waals surface area contributed by atoms with Crippen LogP contribution in [0.25, 0.3) is 0 Å². The van der Waals surface area contributed by atoms with Crippen LogP contribution in [0, 0.1) is 10.1 Å². The smallest absolute Gasteiger partial charge is 0.337 e. The van der Waals surface area contributed by atoms with Crippen molar-refractivity contribution in [3.05, 3.63) is 21.5 Å². The first-order valence-corrected chi connectivity index (χ1v) is 5.93. The lowest BCUT2D eigenvalue weighted by Gasteiger charge is -2.18. The van der Waals surface area contributed by atoms with E-state index in [-0.39, 0.29) is 12.2 Å². The van der Waals surface area contributed by atoms with E-state index in [2.05, 4.69) is 5.10 Å². The van der Waals surface area contributed by atoms with Crippen molar-refractivity contribution < 1.29 is 19.9 Å². The molecular formula is C11H17N3O5. The van der Waals surface area contributed by atoms with Crippen LogP contribution in [0.15, 0.2) is 0 Å². The normalized spacial score (nSPS) is 14.1. The summed E-state index contributed by atoms with van der Waals surface area (Å²) >= 11 is 0. The molecule has 106 valence electrons. The maximum atomic E-state index is 11.0. The van der Waals surface area contributed by atoms with E-state index < -0.39 is 16.5 Å². The fraction of sp³-hybridized carbons (Fsp3) is 0.636. The summed E-state index contributed by atoms with van der Waals surface area (Å²) in [5.74, 6) is -1.40. The number of carboxylic acids is 1. The van der Waals surface area contributed by atoms with E-state index in [4.69, 9.17) is 5.11 Å². The molecule has 1 aromatic rings. The average molecular weight is 271 g/mol. The van der Waals surface area contributed by atoms with Gasteiger partial charge < -0.3 is 10.2 Å². The highest BCUT2D eigenvalue weighted by atomic mass is 16.6. The zero-order valence-corrected chi connectivity index (χ0v) is 11.1. The number of aliphatic hydroxyl groups is 1. The summed E-state index contributed by atoms with van der Waals surface area (Å²) in [7, 11) is 0. The SMILES string of the molecule is CCc1nn(CC(C)(O)C(=O)O)c(CC)c1[N+](=O)[O-]. The summed E-state index contributed by atoms with van der Waals surface area (Å²) < 4.78 is 1.21. The number of nitrogens with zero attached hydrogens (tertiary/aromatic N) is 3. The maximum Gasteiger partial charge on any atom is 0.337 e. The molecule has 19 heavy (non-hydrogen) atoms. The number of aliphatic carboxylic acids is 1. The summed E-state index contributed by atoms with van der Waals surface area (Å²) in [6.07, 6.45) is 0.699. The van der Waals surface area contributed by atoms with Gasteiger partial charge in [0, 0.05) is 0 Å². The highest BCUT2D eigenvalue weighted by molar-refractivity contribution is 5.76. The van der Waals surface area contributed by atoms with E-state index in [1.807, 2.05) is 0 Å². The molecule has 0 fully saturated rings. The summed E-state index contributed by atoms with van der Waals surface area (Å²) in [5, 5.41) is 33.7. The predicted molar refractivity (Wildman–Crippen MR) is 65.9 cm³/mol. The number of hydrogen-bond acceptors (Lipinski definition) is 5. The van der Waals surface area contributed by atoms with Gasteiger partial charge in [-0.05, 0) is 19.8 Å². The van der Waals surface area contributed by atoms with Gasteiger partial charge in [-0.1, -0.05) is 13.8 Å². The third-order valence-electron chi connectivity index (χ3n) is 2.87. The van der Waals surface area contributed by atoms with Gasteiger partial charge in [0.05, 0.1) is 11.5 Å². The highest BCUT2D eigenvalue weighted by Gasteiger charge is 2.34. The Morgan fingerprint density at radius 1 is 1.47 bits per heavy atom. The second-order valence-corrected chi connectivity index (χ2v) is 4.44. The molecule has 1 unspecified atom stereocenters. The van der Waals surface area contributed by atoms with Gasteiger partial charge in [0.2, 0.25) is 0 Å². The number of hydrogen-bond donors (Lipinski definition) is 2. The van der Waals surface area contributed by atoms with E-state index >= 15 is 0 Å². The van der Waals surface area contributed by atoms with E-state index in [1.165, 1.54) is 4.68 Å². The van der Waals surface area contributed by atoms with E-state index in [0.29, 0.717) is 24.2 Å². The summed E-state index contributed by atoms with van der Waals surface area (Å²) in [4.78, 5) is 21.4. The molecular weight excluding hydrogens is 254 g/mol. The molecule has 0 aliphatic carbocycles. The van der Waals surface area contributed by atoms with Crippen molar-refractivity contribution in [2.75, 3.05) is 0 Å². The Morgan fingerprint density at radius 2 is 2.05 bits per heavy atom. The van der Waals surface area contributed by atoms with Gasteiger partial charge in [0.25, 0.3) is 0 Å². The van der Waals surface area contributed by atoms with Crippen molar-refractivity contribution in [3.8, 4) is 0 Å². The Bertz CT molecular complexity index is 507. The van der Waals surface area contributed by atoms with Crippen LogP contribution in [0.2, 0.25) is 0 Å². The fourth-order valence-corrected chi connectivity index (χ4v) is 1.83. The third-order valence-corrected chi connectivity index (χ3v) is 2.87. The first-order valence-electron chi connectivity index (χ1n) is 5.93. The monoisotopic (exact) mass is 271 g/mol. The average Bonchev–Trinajstić information content (AvgIpc) is 2.65. The van der Waals surface area contributed by atoms with Gasteiger partial charge in [-0.25, -0.2) is 4.79 Å². The van der Waals surface area contributed by atoms with Gasteiger partial charge in [-0.3, -0.25) is 14.8 Å². The molecule has 0 spiro atoms. The largest absolute Gasteiger partial charge is 0.479 e. The van der Waals surface area contributed by atoms with Crippen molar-refractivity contribution in [2.24, 2.45) is 0 Å². The second kappa shape index (κ2) is 5.35. The van der Waals surface area contributed by atoms with Crippen LogP contribution in [-0.4, -0.2) is 36.5 Å². The zero-order chi connectivity index (χ0) is 14.8. The van der Waals surface area contributed by atoms with Gasteiger partial charge >= 0.3 is 11.7 Å². The van der Waals surface area contributed by atoms with Crippen LogP contribution in [0.5, 0.6) is 0 Å². The molecule has 0 saturated carbocycles. The lowest BCUT2D eigenvalue weighted by Crippen LogP contribution is -2.40. The molecule has 0 aliphatic rings. The molecule has 1 atom stereocenters. The highest BCUT2D eigenvalue weighted by Crippen LogP contribution is 2.26. The summed E-state index contributed by atoms with van der Waals surface area (Å²) in [6, 6.07) is 0. The van der Waals surface area contributed by atoms with Crippen molar-refractivity contribution >= 4 is 11.7 Å². The van der Waals surface area contributed by atoms with Crippen LogP contribution >= 0.6 is 0 Å². The molecule has 0 radical (unpaired) electrons. The second-order valence-electron chi connectivity index (χ2n) is 4.44. The van der Waals surface area contributed by atoms with Crippen LogP contribution in [0.4, 0.5) is 5.69 Å². The Labute approximate surface area is 109 Å². The lowest BCUT2D eigenvalue weighted by molar-refractivity contribution is -0.386. The third kappa shape index (κ3) is 2.90. The fourth-order valence-electron chi connectivity index (χ4n) is 1.83. The molecule has 1 heterocycles. The summed E-state index contributed by atoms with van der Waals surface area (Å²) in [6.45, 7) is 4.25. The van der Waals surface area contributed by atoms with Crippen LogP contribution in [-0.2, 0) is 24.2 Å². The molecule has 8 heteroatoms. The first-order chi connectivity index (χ1) is 8.74. The standard InChI is InChI=1S/C11H17N3O5/c1-4-7-9(14(18)19)8(5-2)13(12-7)6-11(3,17)10(15)16/h17H,4-6H2,1-3H3,(H,15,16). The lowest BCUT2D eigenvalue weighted by atomic mass is 10.1. The molecule has 1 aromatic heterocycles. The van der Waals surface area contributed by atoms with Crippen LogP contribution in [0.1, 0.15) is 32.2 Å². The minimum Gasteiger partial charge on any atom is -0.479 e. The minimum atomic E-state index is -2.02. The van der Waals surface area contributed by atoms with Gasteiger partial charge in [-0.2, -0.15) is 5.10 Å². The van der Waals surface area contributed by atoms with Crippen molar-refractivity contribution in [1.82, 2.24) is 9.78 Å². The molecule has 0 amide bonds. The number of aryl methyl sites for hydroxylation is 1. The quantitative estimate of drug-likeness (QED) is 0.582. The topological polar surface area (TPSA) is 118 Å². The number of aromatic nitrogens is 2. The molecule has 2 N–H and O–H groups in total. The number of rotatable bonds is 6. The molecule has 0 aliphatic heterocycles. The molecule has 0 aromatic carbocycles. The number of nitro groups is 1. The number of carbonyl (C=O) groups is 1. The Morgan fingerprint density at radius 3 is 2.42 bits per heavy atom. The molecule has 0 saturated heterocycles. The molecule has 1 rings (SSSR count). The number of carboxylic acid groups (broad SMARTS) is 1. The van der Waals surface area contributed by atoms with E-state index in [1.54, 1.807) is 13.8 Å². The minimum absolute atomic E-state index is 0.0915. The van der Waals surface area contributed by atoms with Gasteiger partial charge in [0.1, 0.15) is 11.4 Å². The van der Waals surface area contributed by atoms with E-state index in [9.17, 15) is 20.0 Å². The predicted octanol–water partition coefficient (Wildman–Crippen LogP) is 0.752. The van der Waals surface area contributed by atoms with Crippen LogP contribution in [0.3, 0.4) is 0 Å². The van der Waals surface area contributed by atoms with Gasteiger partial charge in [-0.15, -0.1) is 0 Å². The van der Waals surface area contributed by atoms with Crippen molar-refractivity contribution in [1.29, 1.82) is 0 Å². The Hall–Kier alpha value is -1.96. The molecule has 0 bridgehead atoms. The maximum absolute atomic E-state index is 11.0. The van der Waals surface area contributed by atoms with Crippen molar-refractivity contribution in [2.45, 2.75) is 45.8 Å². The van der Waals surface area contributed by atoms with Crippen molar-refractivity contribution in [3.63, 3.8) is 0 Å². The van der Waals surface area contributed by atoms with Gasteiger partial charge in [0.15, 0.2) is 5.60 Å². The Kier molecular flexibility index (Phi) is 4.25. The van der Waals surface area contributed by atoms with E-state index in [0.717, 1.165) is 6.92 Å². The first kappa shape index (κ1) is 15.1. The summed E-state index contributed by atoms with van der Waals surface area (Å²) in [5.41, 5.74) is -1.49. The molecule has 8 nitrogen and oxygen atoms in total. The van der Waals surface area contributed by atoms with Crippen LogP contribution < -0.4 is 0 Å². The Balaban J connectivity index is 3.29.